The molecule has 2 aromatic heterocycles. The number of rotatable bonds is 3. The van der Waals surface area contributed by atoms with Crippen molar-refractivity contribution >= 4 is 21.4 Å². The van der Waals surface area contributed by atoms with Gasteiger partial charge in [-0.2, -0.15) is 0 Å². The summed E-state index contributed by atoms with van der Waals surface area (Å²) in [6.07, 6.45) is 11.3. The largest absolute Gasteiger partial charge is 0.391 e. The highest BCUT2D eigenvalue weighted by Gasteiger charge is 2.25. The molecule has 0 saturated heterocycles. The van der Waals surface area contributed by atoms with Crippen LogP contribution in [0, 0.1) is 0 Å². The van der Waals surface area contributed by atoms with Crippen LogP contribution < -0.4 is 5.32 Å². The molecule has 0 aromatic carbocycles. The number of imidazole rings is 1. The number of fused-ring (bicyclic) bond motifs is 1. The first-order chi connectivity index (χ1) is 10.3. The molecular weight excluding hydrogens is 284 g/mol. The summed E-state index contributed by atoms with van der Waals surface area (Å²) in [6, 6.07) is 0.143. The van der Waals surface area contributed by atoms with Crippen molar-refractivity contribution in [1.82, 2.24) is 14.6 Å². The highest BCUT2D eigenvalue weighted by Crippen LogP contribution is 2.34. The average Bonchev–Trinajstić information content (AvgIpc) is 3.15. The number of anilines is 1. The van der Waals surface area contributed by atoms with E-state index < -0.39 is 0 Å². The molecule has 6 heteroatoms. The fourth-order valence-electron chi connectivity index (χ4n) is 3.63. The smallest absolute Gasteiger partial charge is 0.214 e. The first-order valence-corrected chi connectivity index (χ1v) is 8.92. The molecule has 2 atom stereocenters. The van der Waals surface area contributed by atoms with E-state index in [9.17, 15) is 5.11 Å². The van der Waals surface area contributed by atoms with Gasteiger partial charge in [-0.1, -0.05) is 37.0 Å². The number of nitrogens with one attached hydrogen (secondary N) is 1. The second kappa shape index (κ2) is 5.57. The minimum atomic E-state index is -0.246. The van der Waals surface area contributed by atoms with Gasteiger partial charge in [0.2, 0.25) is 10.1 Å². The zero-order valence-corrected chi connectivity index (χ0v) is 13.0. The first-order valence-electron chi connectivity index (χ1n) is 8.10. The van der Waals surface area contributed by atoms with Gasteiger partial charge in [-0.3, -0.25) is 0 Å². The van der Waals surface area contributed by atoms with Gasteiger partial charge in [-0.25, -0.2) is 9.50 Å². The lowest BCUT2D eigenvalue weighted by Crippen LogP contribution is -2.36. The van der Waals surface area contributed by atoms with Gasteiger partial charge >= 0.3 is 0 Å². The van der Waals surface area contributed by atoms with Crippen molar-refractivity contribution < 1.29 is 5.11 Å². The summed E-state index contributed by atoms with van der Waals surface area (Å²) in [4.78, 5) is 5.71. The molecule has 0 spiro atoms. The quantitative estimate of drug-likeness (QED) is 0.914. The summed E-state index contributed by atoms with van der Waals surface area (Å²) in [5.41, 5.74) is 1.20. The van der Waals surface area contributed by atoms with Crippen molar-refractivity contribution in [3.63, 3.8) is 0 Å². The van der Waals surface area contributed by atoms with E-state index in [0.717, 1.165) is 29.4 Å². The topological polar surface area (TPSA) is 62.5 Å². The minimum absolute atomic E-state index is 0.143. The lowest BCUT2D eigenvalue weighted by atomic mass is 9.93. The van der Waals surface area contributed by atoms with E-state index in [4.69, 9.17) is 4.98 Å². The number of aromatic nitrogens is 3. The summed E-state index contributed by atoms with van der Waals surface area (Å²) in [6.45, 7) is 0. The van der Waals surface area contributed by atoms with Crippen LogP contribution >= 0.6 is 11.3 Å². The van der Waals surface area contributed by atoms with Crippen LogP contribution in [0.3, 0.4) is 0 Å². The summed E-state index contributed by atoms with van der Waals surface area (Å²) in [5, 5.41) is 18.9. The van der Waals surface area contributed by atoms with Crippen molar-refractivity contribution in [2.75, 3.05) is 5.32 Å². The van der Waals surface area contributed by atoms with Crippen molar-refractivity contribution in [2.45, 2.75) is 69.4 Å². The number of hydrogen-bond donors (Lipinski definition) is 2. The predicted molar refractivity (Wildman–Crippen MR) is 84.0 cm³/mol. The van der Waals surface area contributed by atoms with Crippen LogP contribution in [0.15, 0.2) is 6.20 Å². The Morgan fingerprint density at radius 1 is 1.14 bits per heavy atom. The van der Waals surface area contributed by atoms with Crippen LogP contribution in [0.4, 0.5) is 5.13 Å². The number of nitrogens with zero attached hydrogens (tertiary/aromatic N) is 3. The van der Waals surface area contributed by atoms with E-state index >= 15 is 0 Å². The number of hydrogen-bond acceptors (Lipinski definition) is 5. The van der Waals surface area contributed by atoms with Gasteiger partial charge in [0.25, 0.3) is 0 Å². The Bertz CT molecular complexity index is 585. The van der Waals surface area contributed by atoms with Crippen molar-refractivity contribution in [3.05, 3.63) is 11.9 Å². The second-order valence-electron chi connectivity index (χ2n) is 6.38. The van der Waals surface area contributed by atoms with E-state index in [0.29, 0.717) is 5.92 Å². The summed E-state index contributed by atoms with van der Waals surface area (Å²) in [5.74, 6) is 0.635. The second-order valence-corrected chi connectivity index (χ2v) is 7.34. The van der Waals surface area contributed by atoms with Gasteiger partial charge < -0.3 is 10.4 Å². The third-order valence-electron chi connectivity index (χ3n) is 4.87. The van der Waals surface area contributed by atoms with Gasteiger partial charge in [-0.05, 0) is 25.7 Å². The van der Waals surface area contributed by atoms with E-state index in [1.807, 2.05) is 4.52 Å². The molecule has 114 valence electrons. The van der Waals surface area contributed by atoms with Gasteiger partial charge in [0, 0.05) is 5.92 Å². The maximum Gasteiger partial charge on any atom is 0.214 e. The molecule has 0 unspecified atom stereocenters. The van der Waals surface area contributed by atoms with Crippen LogP contribution in [0.5, 0.6) is 0 Å². The van der Waals surface area contributed by atoms with Crippen molar-refractivity contribution in [1.29, 1.82) is 0 Å². The molecule has 4 rings (SSSR count). The zero-order valence-electron chi connectivity index (χ0n) is 12.2. The highest BCUT2D eigenvalue weighted by atomic mass is 32.1. The molecule has 2 fully saturated rings. The average molecular weight is 306 g/mol. The maximum absolute atomic E-state index is 10.0. The van der Waals surface area contributed by atoms with E-state index in [1.54, 1.807) is 11.3 Å². The normalized spacial score (nSPS) is 27.5. The Hall–Kier alpha value is -1.14. The fraction of sp³-hybridized carbons (Fsp3) is 0.733. The van der Waals surface area contributed by atoms with Gasteiger partial charge in [-0.15, -0.1) is 5.10 Å². The molecule has 2 heterocycles. The SMILES string of the molecule is O[C@H]1CCCC[C@@H]1Nc1nn2cc(C3CCCC3)nc2s1. The molecule has 0 radical (unpaired) electrons. The standard InChI is InChI=1S/C15H22N4OS/c20-13-8-4-3-7-11(13)16-14-18-19-9-12(17-15(19)21-14)10-5-1-2-6-10/h9-11,13,20H,1-8H2,(H,16,18)/t11-,13-/m0/s1. The summed E-state index contributed by atoms with van der Waals surface area (Å²) < 4.78 is 1.90. The molecule has 5 nitrogen and oxygen atoms in total. The Kier molecular flexibility index (Phi) is 3.59. The summed E-state index contributed by atoms with van der Waals surface area (Å²) >= 11 is 1.59. The Morgan fingerprint density at radius 2 is 1.90 bits per heavy atom. The van der Waals surface area contributed by atoms with Crippen LogP contribution in [0.25, 0.3) is 4.96 Å². The van der Waals surface area contributed by atoms with Crippen molar-refractivity contribution in [3.8, 4) is 0 Å². The van der Waals surface area contributed by atoms with Crippen LogP contribution in [-0.4, -0.2) is 31.9 Å². The maximum atomic E-state index is 10.0. The molecule has 21 heavy (non-hydrogen) atoms. The van der Waals surface area contributed by atoms with Crippen molar-refractivity contribution in [2.24, 2.45) is 0 Å². The monoisotopic (exact) mass is 306 g/mol. The number of aliphatic hydroxyl groups is 1. The van der Waals surface area contributed by atoms with Gasteiger partial charge in [0.05, 0.1) is 24.0 Å². The molecule has 2 aliphatic carbocycles. The minimum Gasteiger partial charge on any atom is -0.391 e. The first kappa shape index (κ1) is 13.5. The lowest BCUT2D eigenvalue weighted by Gasteiger charge is -2.27. The van der Waals surface area contributed by atoms with Gasteiger partial charge in [0.15, 0.2) is 0 Å². The molecular formula is C15H22N4OS. The number of aliphatic hydroxyl groups excluding tert-OH is 1. The molecule has 0 aliphatic heterocycles. The highest BCUT2D eigenvalue weighted by molar-refractivity contribution is 7.20. The van der Waals surface area contributed by atoms with Crippen LogP contribution in [0.1, 0.15) is 63.0 Å². The molecule has 0 amide bonds. The Morgan fingerprint density at radius 3 is 2.67 bits per heavy atom. The molecule has 2 aliphatic rings. The zero-order chi connectivity index (χ0) is 14.2. The third kappa shape index (κ3) is 2.66. The van der Waals surface area contributed by atoms with E-state index in [2.05, 4.69) is 16.6 Å². The Labute approximate surface area is 128 Å². The predicted octanol–water partition coefficient (Wildman–Crippen LogP) is 3.16. The van der Waals surface area contributed by atoms with Gasteiger partial charge in [0.1, 0.15) is 0 Å². The lowest BCUT2D eigenvalue weighted by molar-refractivity contribution is 0.116. The van der Waals surface area contributed by atoms with E-state index in [-0.39, 0.29) is 12.1 Å². The van der Waals surface area contributed by atoms with Crippen LogP contribution in [0.2, 0.25) is 0 Å². The summed E-state index contributed by atoms with van der Waals surface area (Å²) in [7, 11) is 0. The molecule has 2 aromatic rings. The molecule has 2 N–H and O–H groups in total. The molecule has 2 saturated carbocycles. The third-order valence-corrected chi connectivity index (χ3v) is 5.73. The van der Waals surface area contributed by atoms with E-state index in [1.165, 1.54) is 37.8 Å². The Balaban J connectivity index is 1.50. The van der Waals surface area contributed by atoms with Crippen LogP contribution in [-0.2, 0) is 0 Å². The fourth-order valence-corrected chi connectivity index (χ4v) is 4.48. The molecule has 0 bridgehead atoms.